The van der Waals surface area contributed by atoms with Gasteiger partial charge in [-0.25, -0.2) is 0 Å². The third-order valence-electron chi connectivity index (χ3n) is 3.12. The lowest BCUT2D eigenvalue weighted by Gasteiger charge is -2.21. The summed E-state index contributed by atoms with van der Waals surface area (Å²) in [5.41, 5.74) is 0. The Hall–Kier alpha value is -1.60. The number of furan rings is 2. The third-order valence-corrected chi connectivity index (χ3v) is 3.12. The zero-order valence-electron chi connectivity index (χ0n) is 10.8. The van der Waals surface area contributed by atoms with E-state index in [0.29, 0.717) is 11.5 Å². The van der Waals surface area contributed by atoms with Crippen LogP contribution in [0.15, 0.2) is 45.6 Å². The van der Waals surface area contributed by atoms with Crippen molar-refractivity contribution in [3.63, 3.8) is 0 Å². The van der Waals surface area contributed by atoms with Crippen LogP contribution in [0.25, 0.3) is 0 Å². The van der Waals surface area contributed by atoms with Crippen LogP contribution < -0.4 is 0 Å². The first kappa shape index (κ1) is 14.8. The third kappa shape index (κ3) is 3.71. The van der Waals surface area contributed by atoms with Crippen LogP contribution >= 0.6 is 0 Å². The summed E-state index contributed by atoms with van der Waals surface area (Å²) in [6.45, 7) is 0. The highest BCUT2D eigenvalue weighted by Gasteiger charge is 2.25. The predicted octanol–water partition coefficient (Wildman–Crippen LogP) is 1.14. The molecule has 0 fully saturated rings. The highest BCUT2D eigenvalue weighted by molar-refractivity contribution is 5.04. The van der Waals surface area contributed by atoms with Crippen LogP contribution in [0.2, 0.25) is 0 Å². The summed E-state index contributed by atoms with van der Waals surface area (Å²) in [4.78, 5) is 0. The lowest BCUT2D eigenvalue weighted by Crippen LogP contribution is -2.29. The van der Waals surface area contributed by atoms with Crippen molar-refractivity contribution in [1.29, 1.82) is 0 Å². The zero-order chi connectivity index (χ0) is 14.5. The molecule has 0 unspecified atom stereocenters. The molecule has 0 aliphatic carbocycles. The van der Waals surface area contributed by atoms with Crippen molar-refractivity contribution in [2.24, 2.45) is 0 Å². The fourth-order valence-corrected chi connectivity index (χ4v) is 1.97. The van der Waals surface area contributed by atoms with Crippen LogP contribution in [0.4, 0.5) is 0 Å². The second-order valence-corrected chi connectivity index (χ2v) is 4.67. The number of hydrogen-bond acceptors (Lipinski definition) is 6. The maximum atomic E-state index is 9.84. The Kier molecular flexibility index (Phi) is 4.97. The van der Waals surface area contributed by atoms with Gasteiger partial charge in [-0.2, -0.15) is 0 Å². The second-order valence-electron chi connectivity index (χ2n) is 4.67. The molecule has 0 bridgehead atoms. The van der Waals surface area contributed by atoms with Crippen molar-refractivity contribution < 1.29 is 29.3 Å². The average Bonchev–Trinajstić information content (AvgIpc) is 3.11. The first-order chi connectivity index (χ1) is 9.58. The molecule has 0 radical (unpaired) electrons. The average molecular weight is 282 g/mol. The molecule has 110 valence electrons. The van der Waals surface area contributed by atoms with Gasteiger partial charge in [0, 0.05) is 12.8 Å². The second kappa shape index (κ2) is 6.71. The minimum Gasteiger partial charge on any atom is -0.467 e. The monoisotopic (exact) mass is 282 g/mol. The largest absolute Gasteiger partial charge is 0.467 e. The summed E-state index contributed by atoms with van der Waals surface area (Å²) in [5, 5.41) is 39.3. The van der Waals surface area contributed by atoms with E-state index in [1.54, 1.807) is 24.3 Å². The number of rotatable bonds is 7. The van der Waals surface area contributed by atoms with Crippen LogP contribution in [0.5, 0.6) is 0 Å². The fourth-order valence-electron chi connectivity index (χ4n) is 1.97. The molecule has 2 rings (SSSR count). The Morgan fingerprint density at radius 1 is 0.750 bits per heavy atom. The van der Waals surface area contributed by atoms with E-state index in [1.165, 1.54) is 12.5 Å². The van der Waals surface area contributed by atoms with Gasteiger partial charge in [-0.1, -0.05) is 0 Å². The summed E-state index contributed by atoms with van der Waals surface area (Å²) < 4.78 is 10.0. The van der Waals surface area contributed by atoms with Gasteiger partial charge in [0.1, 0.15) is 23.7 Å². The minimum absolute atomic E-state index is 0.0838. The van der Waals surface area contributed by atoms with Gasteiger partial charge in [0.2, 0.25) is 0 Å². The van der Waals surface area contributed by atoms with Crippen LogP contribution in [0.3, 0.4) is 0 Å². The molecule has 2 aromatic rings. The summed E-state index contributed by atoms with van der Waals surface area (Å²) >= 11 is 0. The molecule has 6 nitrogen and oxygen atoms in total. The van der Waals surface area contributed by atoms with E-state index in [4.69, 9.17) is 8.83 Å². The highest BCUT2D eigenvalue weighted by Crippen LogP contribution is 2.24. The molecule has 0 saturated heterocycles. The minimum atomic E-state index is -1.18. The Morgan fingerprint density at radius 2 is 1.15 bits per heavy atom. The SMILES string of the molecule is O[C@H](C[C@H](O)[C@H](O)C[C@H](O)c1ccco1)c1ccco1. The molecule has 0 aliphatic heterocycles. The Balaban J connectivity index is 1.84. The van der Waals surface area contributed by atoms with Gasteiger partial charge in [-0.05, 0) is 24.3 Å². The lowest BCUT2D eigenvalue weighted by molar-refractivity contribution is -0.0403. The molecule has 2 heterocycles. The zero-order valence-corrected chi connectivity index (χ0v) is 10.8. The van der Waals surface area contributed by atoms with E-state index in [9.17, 15) is 20.4 Å². The number of aliphatic hydroxyl groups excluding tert-OH is 4. The molecule has 0 aromatic carbocycles. The summed E-state index contributed by atoms with van der Waals surface area (Å²) in [6.07, 6.45) is -1.70. The Morgan fingerprint density at radius 3 is 1.45 bits per heavy atom. The molecule has 0 spiro atoms. The molecule has 4 N–H and O–H groups in total. The van der Waals surface area contributed by atoms with Gasteiger partial charge in [-0.3, -0.25) is 0 Å². The van der Waals surface area contributed by atoms with E-state index in [-0.39, 0.29) is 12.8 Å². The molecular weight excluding hydrogens is 264 g/mol. The maximum Gasteiger partial charge on any atom is 0.132 e. The quantitative estimate of drug-likeness (QED) is 0.606. The van der Waals surface area contributed by atoms with Crippen molar-refractivity contribution in [2.75, 3.05) is 0 Å². The van der Waals surface area contributed by atoms with Crippen LogP contribution in [0.1, 0.15) is 36.6 Å². The van der Waals surface area contributed by atoms with Gasteiger partial charge < -0.3 is 29.3 Å². The van der Waals surface area contributed by atoms with Gasteiger partial charge in [0.25, 0.3) is 0 Å². The molecule has 2 aromatic heterocycles. The van der Waals surface area contributed by atoms with Gasteiger partial charge in [0.15, 0.2) is 0 Å². The summed E-state index contributed by atoms with van der Waals surface area (Å²) in [6, 6.07) is 6.42. The summed E-state index contributed by atoms with van der Waals surface area (Å²) in [7, 11) is 0. The van der Waals surface area contributed by atoms with E-state index >= 15 is 0 Å². The van der Waals surface area contributed by atoms with Gasteiger partial charge in [0.05, 0.1) is 24.7 Å². The van der Waals surface area contributed by atoms with E-state index < -0.39 is 24.4 Å². The van der Waals surface area contributed by atoms with Gasteiger partial charge >= 0.3 is 0 Å². The van der Waals surface area contributed by atoms with Gasteiger partial charge in [-0.15, -0.1) is 0 Å². The first-order valence-electron chi connectivity index (χ1n) is 6.37. The lowest BCUT2D eigenvalue weighted by atomic mass is 9.99. The van der Waals surface area contributed by atoms with Crippen molar-refractivity contribution >= 4 is 0 Å². The molecular formula is C14H18O6. The standard InChI is InChI=1S/C14H18O6/c15-9(7-11(17)13-3-1-5-19-13)10(16)8-12(18)14-4-2-6-20-14/h1-6,9-12,15-18H,7-8H2/t9-,10+,11+,12-. The molecule has 4 atom stereocenters. The van der Waals surface area contributed by atoms with Crippen molar-refractivity contribution in [3.05, 3.63) is 48.3 Å². The number of aliphatic hydroxyl groups is 4. The molecule has 0 aliphatic rings. The number of hydrogen-bond donors (Lipinski definition) is 4. The van der Waals surface area contributed by atoms with E-state index in [2.05, 4.69) is 0 Å². The van der Waals surface area contributed by atoms with E-state index in [1.807, 2.05) is 0 Å². The van der Waals surface area contributed by atoms with Crippen LogP contribution in [0, 0.1) is 0 Å². The van der Waals surface area contributed by atoms with Crippen LogP contribution in [-0.4, -0.2) is 32.6 Å². The van der Waals surface area contributed by atoms with Crippen molar-refractivity contribution in [1.82, 2.24) is 0 Å². The molecule has 20 heavy (non-hydrogen) atoms. The predicted molar refractivity (Wildman–Crippen MR) is 68.6 cm³/mol. The highest BCUT2D eigenvalue weighted by atomic mass is 16.4. The molecule has 0 saturated carbocycles. The molecule has 6 heteroatoms. The Bertz CT molecular complexity index is 432. The normalized spacial score (nSPS) is 17.6. The summed E-state index contributed by atoms with van der Waals surface area (Å²) in [5.74, 6) is 0.644. The maximum absolute atomic E-state index is 9.84. The molecule has 0 amide bonds. The smallest absolute Gasteiger partial charge is 0.132 e. The van der Waals surface area contributed by atoms with Crippen molar-refractivity contribution in [2.45, 2.75) is 37.3 Å². The topological polar surface area (TPSA) is 107 Å². The fraction of sp³-hybridized carbons (Fsp3) is 0.429. The first-order valence-corrected chi connectivity index (χ1v) is 6.37. The van der Waals surface area contributed by atoms with E-state index in [0.717, 1.165) is 0 Å². The Labute approximate surface area is 115 Å². The van der Waals surface area contributed by atoms with Crippen molar-refractivity contribution in [3.8, 4) is 0 Å². The van der Waals surface area contributed by atoms with Crippen LogP contribution in [-0.2, 0) is 0 Å².